The molecule has 1 heterocycles. The molecule has 0 aromatic heterocycles. The van der Waals surface area contributed by atoms with Gasteiger partial charge >= 0.3 is 0 Å². The van der Waals surface area contributed by atoms with E-state index in [0.29, 0.717) is 36.3 Å². The maximum atomic E-state index is 12.9. The molecule has 1 aliphatic rings. The van der Waals surface area contributed by atoms with Gasteiger partial charge in [-0.25, -0.2) is 8.42 Å². The zero-order chi connectivity index (χ0) is 21.9. The molecule has 0 spiro atoms. The Morgan fingerprint density at radius 3 is 2.37 bits per heavy atom. The molecule has 0 unspecified atom stereocenters. The van der Waals surface area contributed by atoms with Crippen molar-refractivity contribution in [3.05, 3.63) is 47.5 Å². The van der Waals surface area contributed by atoms with Crippen molar-refractivity contribution in [3.63, 3.8) is 0 Å². The average Bonchev–Trinajstić information content (AvgIpc) is 2.68. The third-order valence-corrected chi connectivity index (χ3v) is 6.67. The number of benzene rings is 2. The van der Waals surface area contributed by atoms with E-state index in [4.69, 9.17) is 0 Å². The summed E-state index contributed by atoms with van der Waals surface area (Å²) in [6.07, 6.45) is 2.76. The van der Waals surface area contributed by atoms with Gasteiger partial charge in [0.15, 0.2) is 0 Å². The Labute approximate surface area is 177 Å². The zero-order valence-corrected chi connectivity index (χ0v) is 18.3. The standard InChI is InChI=1S/C22H27N3O4S/c1-4-21(26)23-17-9-11-20(16(3)14-17)30(28,29)24-18-8-10-19(15(2)13-18)25-12-6-5-7-22(25)27/h8-11,13-14,24H,4-7,12H2,1-3H3,(H,23,26). The number of nitrogens with zero attached hydrogens (tertiary/aromatic N) is 1. The quantitative estimate of drug-likeness (QED) is 0.726. The Morgan fingerprint density at radius 2 is 1.73 bits per heavy atom. The molecule has 0 atom stereocenters. The molecule has 1 aliphatic heterocycles. The van der Waals surface area contributed by atoms with E-state index < -0.39 is 10.0 Å². The molecule has 1 fully saturated rings. The van der Waals surface area contributed by atoms with Crippen LogP contribution in [0.4, 0.5) is 17.1 Å². The lowest BCUT2D eigenvalue weighted by atomic mass is 10.1. The first-order valence-electron chi connectivity index (χ1n) is 10.1. The molecule has 1 saturated heterocycles. The third-order valence-electron chi connectivity index (χ3n) is 5.13. The highest BCUT2D eigenvalue weighted by molar-refractivity contribution is 7.92. The number of hydrogen-bond acceptors (Lipinski definition) is 4. The first kappa shape index (κ1) is 21.8. The van der Waals surface area contributed by atoms with Gasteiger partial charge in [0, 0.05) is 36.4 Å². The van der Waals surface area contributed by atoms with E-state index in [1.165, 1.54) is 6.07 Å². The summed E-state index contributed by atoms with van der Waals surface area (Å²) in [5.41, 5.74) is 3.17. The number of nitrogens with one attached hydrogen (secondary N) is 2. The van der Waals surface area contributed by atoms with Crippen molar-refractivity contribution in [1.29, 1.82) is 0 Å². The second-order valence-electron chi connectivity index (χ2n) is 7.49. The molecule has 2 aromatic rings. The van der Waals surface area contributed by atoms with E-state index in [1.807, 2.05) is 6.92 Å². The van der Waals surface area contributed by atoms with Gasteiger partial charge in [-0.15, -0.1) is 0 Å². The summed E-state index contributed by atoms with van der Waals surface area (Å²) in [6.45, 7) is 5.99. The highest BCUT2D eigenvalue weighted by Crippen LogP contribution is 2.29. The number of piperidine rings is 1. The summed E-state index contributed by atoms with van der Waals surface area (Å²) >= 11 is 0. The Kier molecular flexibility index (Phi) is 6.45. The van der Waals surface area contributed by atoms with Gasteiger partial charge in [-0.3, -0.25) is 14.3 Å². The summed E-state index contributed by atoms with van der Waals surface area (Å²) in [5, 5.41) is 2.72. The second-order valence-corrected chi connectivity index (χ2v) is 9.14. The molecule has 0 radical (unpaired) electrons. The summed E-state index contributed by atoms with van der Waals surface area (Å²) in [7, 11) is -3.80. The maximum absolute atomic E-state index is 12.9. The van der Waals surface area contributed by atoms with E-state index in [2.05, 4.69) is 10.0 Å². The molecular weight excluding hydrogens is 402 g/mol. The van der Waals surface area contributed by atoms with E-state index in [9.17, 15) is 18.0 Å². The first-order chi connectivity index (χ1) is 14.2. The van der Waals surface area contributed by atoms with Crippen molar-refractivity contribution in [1.82, 2.24) is 0 Å². The van der Waals surface area contributed by atoms with Crippen LogP contribution < -0.4 is 14.9 Å². The van der Waals surface area contributed by atoms with Crippen LogP contribution in [0.25, 0.3) is 0 Å². The zero-order valence-electron chi connectivity index (χ0n) is 17.5. The molecule has 160 valence electrons. The van der Waals surface area contributed by atoms with Crippen molar-refractivity contribution >= 4 is 38.9 Å². The molecule has 8 heteroatoms. The average molecular weight is 430 g/mol. The number of rotatable bonds is 6. The molecule has 2 N–H and O–H groups in total. The van der Waals surface area contributed by atoms with E-state index >= 15 is 0 Å². The van der Waals surface area contributed by atoms with Crippen molar-refractivity contribution < 1.29 is 18.0 Å². The number of carbonyl (C=O) groups excluding carboxylic acids is 2. The van der Waals surface area contributed by atoms with Crippen molar-refractivity contribution in [2.75, 3.05) is 21.5 Å². The van der Waals surface area contributed by atoms with Crippen LogP contribution >= 0.6 is 0 Å². The van der Waals surface area contributed by atoms with Gasteiger partial charge < -0.3 is 10.2 Å². The van der Waals surface area contributed by atoms with Gasteiger partial charge in [-0.05, 0) is 74.2 Å². The minimum Gasteiger partial charge on any atom is -0.326 e. The largest absolute Gasteiger partial charge is 0.326 e. The van der Waals surface area contributed by atoms with E-state index in [-0.39, 0.29) is 16.7 Å². The molecule has 3 rings (SSSR count). The molecule has 2 amide bonds. The molecule has 30 heavy (non-hydrogen) atoms. The predicted octanol–water partition coefficient (Wildman–Crippen LogP) is 3.97. The maximum Gasteiger partial charge on any atom is 0.262 e. The highest BCUT2D eigenvalue weighted by atomic mass is 32.2. The number of sulfonamides is 1. The lowest BCUT2D eigenvalue weighted by molar-refractivity contribution is -0.119. The fourth-order valence-electron chi connectivity index (χ4n) is 3.57. The molecule has 0 saturated carbocycles. The van der Waals surface area contributed by atoms with Crippen molar-refractivity contribution in [2.45, 2.75) is 51.3 Å². The summed E-state index contributed by atoms with van der Waals surface area (Å²) in [6, 6.07) is 9.89. The number of carbonyl (C=O) groups is 2. The molecule has 7 nitrogen and oxygen atoms in total. The van der Waals surface area contributed by atoms with Crippen LogP contribution in [0.2, 0.25) is 0 Å². The summed E-state index contributed by atoms with van der Waals surface area (Å²) in [5.74, 6) is -0.0329. The van der Waals surface area contributed by atoms with Crippen molar-refractivity contribution in [3.8, 4) is 0 Å². The predicted molar refractivity (Wildman–Crippen MR) is 118 cm³/mol. The Morgan fingerprint density at radius 1 is 1.03 bits per heavy atom. The Hall–Kier alpha value is -2.87. The van der Waals surface area contributed by atoms with Gasteiger partial charge in [0.25, 0.3) is 10.0 Å². The third kappa shape index (κ3) is 4.81. The lowest BCUT2D eigenvalue weighted by Crippen LogP contribution is -2.35. The molecule has 0 aliphatic carbocycles. The van der Waals surface area contributed by atoms with Gasteiger partial charge in [-0.1, -0.05) is 6.92 Å². The number of aryl methyl sites for hydroxylation is 2. The smallest absolute Gasteiger partial charge is 0.262 e. The summed E-state index contributed by atoms with van der Waals surface area (Å²) in [4.78, 5) is 25.6. The SMILES string of the molecule is CCC(=O)Nc1ccc(S(=O)(=O)Nc2ccc(N3CCCCC3=O)c(C)c2)c(C)c1. The van der Waals surface area contributed by atoms with Crippen LogP contribution in [0.15, 0.2) is 41.3 Å². The topological polar surface area (TPSA) is 95.6 Å². The van der Waals surface area contributed by atoms with Gasteiger partial charge in [0.05, 0.1) is 4.90 Å². The fourth-order valence-corrected chi connectivity index (χ4v) is 4.85. The van der Waals surface area contributed by atoms with E-state index in [0.717, 1.165) is 24.1 Å². The van der Waals surface area contributed by atoms with Gasteiger partial charge in [-0.2, -0.15) is 0 Å². The highest BCUT2D eigenvalue weighted by Gasteiger charge is 2.22. The van der Waals surface area contributed by atoms with E-state index in [1.54, 1.807) is 49.1 Å². The van der Waals surface area contributed by atoms with Crippen LogP contribution in [0.3, 0.4) is 0 Å². The van der Waals surface area contributed by atoms with Crippen LogP contribution in [0, 0.1) is 13.8 Å². The van der Waals surface area contributed by atoms with Crippen molar-refractivity contribution in [2.24, 2.45) is 0 Å². The number of anilines is 3. The molecular formula is C22H27N3O4S. The fraction of sp³-hybridized carbons (Fsp3) is 0.364. The van der Waals surface area contributed by atoms with Gasteiger partial charge in [0.2, 0.25) is 11.8 Å². The van der Waals surface area contributed by atoms with Gasteiger partial charge in [0.1, 0.15) is 0 Å². The number of amides is 2. The monoisotopic (exact) mass is 429 g/mol. The Bertz CT molecular complexity index is 1080. The van der Waals surface area contributed by atoms with Crippen LogP contribution in [-0.4, -0.2) is 26.8 Å². The molecule has 0 bridgehead atoms. The normalized spacial score (nSPS) is 14.5. The number of hydrogen-bond donors (Lipinski definition) is 2. The minimum absolute atomic E-state index is 0.101. The minimum atomic E-state index is -3.80. The summed E-state index contributed by atoms with van der Waals surface area (Å²) < 4.78 is 28.4. The van der Waals surface area contributed by atoms with Crippen LogP contribution in [0.5, 0.6) is 0 Å². The molecule has 2 aromatic carbocycles. The first-order valence-corrected chi connectivity index (χ1v) is 11.5. The second kappa shape index (κ2) is 8.87. The lowest BCUT2D eigenvalue weighted by Gasteiger charge is -2.28. The van der Waals surface area contributed by atoms with Crippen LogP contribution in [-0.2, 0) is 19.6 Å². The Balaban J connectivity index is 1.80. The van der Waals surface area contributed by atoms with Crippen LogP contribution in [0.1, 0.15) is 43.7 Å².